The van der Waals surface area contributed by atoms with Gasteiger partial charge in [0.1, 0.15) is 17.5 Å². The molecule has 2 N–H and O–H groups in total. The minimum atomic E-state index is -0.494. The van der Waals surface area contributed by atoms with Crippen LogP contribution in [0.15, 0.2) is 54.2 Å². The van der Waals surface area contributed by atoms with Crippen LogP contribution in [-0.2, 0) is 17.6 Å². The van der Waals surface area contributed by atoms with Crippen LogP contribution in [0.1, 0.15) is 42.5 Å². The monoisotopic (exact) mass is 363 g/mol. The molecule has 2 aromatic rings. The molecule has 0 bridgehead atoms. The van der Waals surface area contributed by atoms with Gasteiger partial charge in [-0.25, -0.2) is 4.39 Å². The highest BCUT2D eigenvalue weighted by Gasteiger charge is 2.16. The Kier molecular flexibility index (Phi) is 5.87. The lowest BCUT2D eigenvalue weighted by Gasteiger charge is -2.20. The number of rotatable bonds is 5. The van der Waals surface area contributed by atoms with Crippen LogP contribution < -0.4 is 10.6 Å². The summed E-state index contributed by atoms with van der Waals surface area (Å²) in [6.07, 6.45) is 5.83. The predicted octanol–water partition coefficient (Wildman–Crippen LogP) is 4.40. The third-order valence-electron chi connectivity index (χ3n) is 4.83. The third-order valence-corrected chi connectivity index (χ3v) is 4.83. The van der Waals surface area contributed by atoms with Gasteiger partial charge in [0.05, 0.1) is 11.7 Å². The Hall–Kier alpha value is -3.13. The zero-order chi connectivity index (χ0) is 19.2. The van der Waals surface area contributed by atoms with Gasteiger partial charge < -0.3 is 10.6 Å². The zero-order valence-electron chi connectivity index (χ0n) is 15.3. The fourth-order valence-corrected chi connectivity index (χ4v) is 3.26. The molecule has 3 rings (SSSR count). The van der Waals surface area contributed by atoms with E-state index in [1.807, 2.05) is 19.1 Å². The van der Waals surface area contributed by atoms with Crippen LogP contribution in [0.3, 0.4) is 0 Å². The summed E-state index contributed by atoms with van der Waals surface area (Å²) < 4.78 is 13.6. The van der Waals surface area contributed by atoms with Gasteiger partial charge in [0.15, 0.2) is 0 Å². The highest BCUT2D eigenvalue weighted by atomic mass is 19.1. The average molecular weight is 363 g/mol. The fraction of sp³-hybridized carbons (Fsp3) is 0.273. The van der Waals surface area contributed by atoms with Crippen LogP contribution in [-0.4, -0.2) is 5.91 Å². The van der Waals surface area contributed by atoms with Crippen molar-refractivity contribution in [1.82, 2.24) is 5.32 Å². The summed E-state index contributed by atoms with van der Waals surface area (Å²) in [6.45, 7) is 1.89. The fourth-order valence-electron chi connectivity index (χ4n) is 3.26. The summed E-state index contributed by atoms with van der Waals surface area (Å²) in [5, 5.41) is 14.8. The van der Waals surface area contributed by atoms with E-state index in [-0.39, 0.29) is 17.3 Å². The number of benzene rings is 2. The summed E-state index contributed by atoms with van der Waals surface area (Å²) in [6, 6.07) is 14.0. The van der Waals surface area contributed by atoms with Crippen molar-refractivity contribution >= 4 is 11.6 Å². The number of hydrogen-bond donors (Lipinski definition) is 2. The van der Waals surface area contributed by atoms with Gasteiger partial charge in [-0.05, 0) is 61.4 Å². The van der Waals surface area contributed by atoms with E-state index in [9.17, 15) is 14.4 Å². The molecule has 0 saturated carbocycles. The Labute approximate surface area is 158 Å². The largest absolute Gasteiger partial charge is 0.358 e. The third kappa shape index (κ3) is 4.53. The van der Waals surface area contributed by atoms with Crippen molar-refractivity contribution in [2.45, 2.75) is 38.6 Å². The lowest BCUT2D eigenvalue weighted by atomic mass is 9.89. The quantitative estimate of drug-likeness (QED) is 0.611. The van der Waals surface area contributed by atoms with Crippen molar-refractivity contribution in [3.8, 4) is 6.07 Å². The number of nitriles is 1. The molecule has 0 aromatic heterocycles. The van der Waals surface area contributed by atoms with Gasteiger partial charge in [-0.2, -0.15) is 5.26 Å². The van der Waals surface area contributed by atoms with Gasteiger partial charge in [0.2, 0.25) is 0 Å². The second-order valence-electron chi connectivity index (χ2n) is 6.72. The molecule has 0 aliphatic heterocycles. The number of para-hydroxylation sites is 1. The van der Waals surface area contributed by atoms with Gasteiger partial charge >= 0.3 is 0 Å². The Morgan fingerprint density at radius 3 is 2.67 bits per heavy atom. The van der Waals surface area contributed by atoms with Gasteiger partial charge in [-0.1, -0.05) is 30.3 Å². The van der Waals surface area contributed by atoms with Gasteiger partial charge in [-0.15, -0.1) is 0 Å². The first-order valence-corrected chi connectivity index (χ1v) is 9.12. The minimum absolute atomic E-state index is 0.108. The first-order chi connectivity index (χ1) is 13.1. The molecule has 138 valence electrons. The first-order valence-electron chi connectivity index (χ1n) is 9.12. The molecular formula is C22H22FN3O. The minimum Gasteiger partial charge on any atom is -0.358 e. The molecule has 4 nitrogen and oxygen atoms in total. The normalized spacial score (nSPS) is 14.6. The highest BCUT2D eigenvalue weighted by molar-refractivity contribution is 5.97. The number of aryl methyl sites for hydroxylation is 2. The number of carbonyl (C=O) groups excluding carboxylic acids is 1. The zero-order valence-corrected chi connectivity index (χ0v) is 15.3. The van der Waals surface area contributed by atoms with E-state index in [4.69, 9.17) is 0 Å². The summed E-state index contributed by atoms with van der Waals surface area (Å²) in [5.74, 6) is -0.944. The summed E-state index contributed by atoms with van der Waals surface area (Å²) in [7, 11) is 0. The summed E-state index contributed by atoms with van der Waals surface area (Å²) >= 11 is 0. The average Bonchev–Trinajstić information content (AvgIpc) is 2.69. The van der Waals surface area contributed by atoms with Crippen LogP contribution in [0, 0.1) is 17.1 Å². The maximum absolute atomic E-state index is 13.6. The predicted molar refractivity (Wildman–Crippen MR) is 103 cm³/mol. The second-order valence-corrected chi connectivity index (χ2v) is 6.72. The molecule has 1 amide bonds. The van der Waals surface area contributed by atoms with Crippen LogP contribution in [0.25, 0.3) is 0 Å². The van der Waals surface area contributed by atoms with E-state index in [0.29, 0.717) is 0 Å². The Bertz CT molecular complexity index is 914. The topological polar surface area (TPSA) is 64.9 Å². The number of carbonyl (C=O) groups is 1. The molecule has 0 heterocycles. The number of hydrogen-bond acceptors (Lipinski definition) is 3. The van der Waals surface area contributed by atoms with Crippen molar-refractivity contribution in [3.05, 3.63) is 76.7 Å². The van der Waals surface area contributed by atoms with E-state index in [0.717, 1.165) is 18.4 Å². The van der Waals surface area contributed by atoms with Crippen molar-refractivity contribution in [1.29, 1.82) is 5.26 Å². The molecule has 0 spiro atoms. The Morgan fingerprint density at radius 1 is 1.19 bits per heavy atom. The number of anilines is 1. The highest BCUT2D eigenvalue weighted by Crippen LogP contribution is 2.25. The molecule has 27 heavy (non-hydrogen) atoms. The van der Waals surface area contributed by atoms with E-state index >= 15 is 0 Å². The van der Waals surface area contributed by atoms with Crippen molar-refractivity contribution in [2.75, 3.05) is 5.32 Å². The maximum atomic E-state index is 13.6. The second kappa shape index (κ2) is 8.50. The Balaban J connectivity index is 1.68. The SMILES string of the molecule is CC(NC(=O)/C(C#N)=C\Nc1ccccc1F)c1ccc2c(c1)CCCC2. The lowest BCUT2D eigenvalue weighted by Crippen LogP contribution is -2.28. The van der Waals surface area contributed by atoms with Gasteiger partial charge in [0, 0.05) is 6.20 Å². The standard InChI is InChI=1S/C22H22FN3O/c1-15(17-11-10-16-6-2-3-7-18(16)12-17)26-22(27)19(13-24)14-25-21-9-5-4-8-20(21)23/h4-5,8-12,14-15,25H,2-3,6-7H2,1H3,(H,26,27)/b19-14-. The van der Waals surface area contributed by atoms with Crippen LogP contribution in [0.2, 0.25) is 0 Å². The molecule has 5 heteroatoms. The number of nitrogens with one attached hydrogen (secondary N) is 2. The van der Waals surface area contributed by atoms with E-state index in [1.165, 1.54) is 42.3 Å². The molecule has 1 aliphatic rings. The van der Waals surface area contributed by atoms with Crippen LogP contribution >= 0.6 is 0 Å². The molecule has 1 aliphatic carbocycles. The van der Waals surface area contributed by atoms with Gasteiger partial charge in [0.25, 0.3) is 5.91 Å². The van der Waals surface area contributed by atoms with Crippen molar-refractivity contribution < 1.29 is 9.18 Å². The molecule has 0 fully saturated rings. The maximum Gasteiger partial charge on any atom is 0.263 e. The first kappa shape index (κ1) is 18.7. The van der Waals surface area contributed by atoms with E-state index in [2.05, 4.69) is 22.8 Å². The number of nitrogens with zero attached hydrogens (tertiary/aromatic N) is 1. The smallest absolute Gasteiger partial charge is 0.263 e. The number of fused-ring (bicyclic) bond motifs is 1. The van der Waals surface area contributed by atoms with Crippen LogP contribution in [0.4, 0.5) is 10.1 Å². The van der Waals surface area contributed by atoms with Gasteiger partial charge in [-0.3, -0.25) is 4.79 Å². The van der Waals surface area contributed by atoms with Crippen LogP contribution in [0.5, 0.6) is 0 Å². The molecule has 1 atom stereocenters. The van der Waals surface area contributed by atoms with Crippen molar-refractivity contribution in [3.63, 3.8) is 0 Å². The Morgan fingerprint density at radius 2 is 1.93 bits per heavy atom. The molecule has 2 aromatic carbocycles. The summed E-state index contributed by atoms with van der Waals surface area (Å²) in [5.41, 5.74) is 3.85. The number of amides is 1. The van der Waals surface area contributed by atoms with Crippen molar-refractivity contribution in [2.24, 2.45) is 0 Å². The lowest BCUT2D eigenvalue weighted by molar-refractivity contribution is -0.117. The number of halogens is 1. The van der Waals surface area contributed by atoms with E-state index < -0.39 is 11.7 Å². The molecule has 1 unspecified atom stereocenters. The van der Waals surface area contributed by atoms with E-state index in [1.54, 1.807) is 12.1 Å². The molecule has 0 radical (unpaired) electrons. The summed E-state index contributed by atoms with van der Waals surface area (Å²) in [4.78, 5) is 12.4. The molecule has 0 saturated heterocycles. The molecular weight excluding hydrogens is 341 g/mol.